The number of pyridine rings is 2. The largest absolute Gasteiger partial charge is 0.455 e. The molecule has 0 aliphatic heterocycles. The summed E-state index contributed by atoms with van der Waals surface area (Å²) >= 11 is 3.07. The van der Waals surface area contributed by atoms with Crippen molar-refractivity contribution in [1.82, 2.24) is 19.9 Å². The Labute approximate surface area is 324 Å². The Morgan fingerprint density at radius 2 is 1.04 bits per heavy atom. The molecule has 5 heterocycles. The van der Waals surface area contributed by atoms with Crippen LogP contribution in [0, 0.1) is 11.3 Å². The number of thiophene rings is 2. The highest BCUT2D eigenvalue weighted by Gasteiger charge is 2.14. The number of rotatable bonds is 7. The standard InChI is InChI=1S/C26H17N3OS.C20H12N2OS/c1-2-6-17(7-3-1)18-10-12-19(13-11-18)30-23-15-27-16-25-20(23)14-24(31-25)26-28-21-8-4-5-9-22(21)29-26;21-11-17-10-18-19(12-22-13-20(18)24-17)23-16-8-6-15(7-9-16)14-4-2-1-3-5-14/h1-16H,(H,28,29);1-10,12-13H. The molecule has 262 valence electrons. The Bertz CT molecular complexity index is 2900. The van der Waals surface area contributed by atoms with Crippen molar-refractivity contribution in [2.45, 2.75) is 0 Å². The highest BCUT2D eigenvalue weighted by molar-refractivity contribution is 7.22. The summed E-state index contributed by atoms with van der Waals surface area (Å²) in [7, 11) is 0. The third-order valence-electron chi connectivity index (χ3n) is 8.93. The monoisotopic (exact) mass is 747 g/mol. The number of imidazole rings is 1. The molecule has 10 aromatic rings. The summed E-state index contributed by atoms with van der Waals surface area (Å²) in [6.07, 6.45) is 7.08. The lowest BCUT2D eigenvalue weighted by Gasteiger charge is -2.08. The fourth-order valence-electron chi connectivity index (χ4n) is 6.22. The van der Waals surface area contributed by atoms with Crippen LogP contribution in [-0.4, -0.2) is 19.9 Å². The van der Waals surface area contributed by atoms with Gasteiger partial charge >= 0.3 is 0 Å². The first-order valence-electron chi connectivity index (χ1n) is 17.4. The van der Waals surface area contributed by atoms with Gasteiger partial charge in [0.1, 0.15) is 28.3 Å². The molecular formula is C46H29N5O2S2. The number of aromatic nitrogens is 4. The van der Waals surface area contributed by atoms with Crippen molar-refractivity contribution in [3.8, 4) is 62.0 Å². The average molecular weight is 748 g/mol. The molecule has 0 unspecified atom stereocenters. The third kappa shape index (κ3) is 7.28. The van der Waals surface area contributed by atoms with Crippen LogP contribution in [0.4, 0.5) is 0 Å². The number of hydrogen-bond acceptors (Lipinski definition) is 8. The fraction of sp³-hybridized carbons (Fsp3) is 0. The first-order valence-corrected chi connectivity index (χ1v) is 19.1. The van der Waals surface area contributed by atoms with E-state index < -0.39 is 0 Å². The van der Waals surface area contributed by atoms with Gasteiger partial charge in [-0.05, 0) is 70.8 Å². The van der Waals surface area contributed by atoms with Gasteiger partial charge in [0.2, 0.25) is 0 Å². The number of benzene rings is 5. The van der Waals surface area contributed by atoms with E-state index in [1.54, 1.807) is 29.9 Å². The molecule has 10 rings (SSSR count). The highest BCUT2D eigenvalue weighted by Crippen LogP contribution is 2.39. The average Bonchev–Trinajstić information content (AvgIpc) is 4.00. The summed E-state index contributed by atoms with van der Waals surface area (Å²) in [5.74, 6) is 3.79. The maximum Gasteiger partial charge on any atom is 0.154 e. The molecule has 0 saturated heterocycles. The molecule has 0 spiro atoms. The number of H-pyrrole nitrogens is 1. The molecule has 55 heavy (non-hydrogen) atoms. The van der Waals surface area contributed by atoms with Crippen molar-refractivity contribution in [3.05, 3.63) is 175 Å². The van der Waals surface area contributed by atoms with Crippen molar-refractivity contribution in [2.24, 2.45) is 0 Å². The summed E-state index contributed by atoms with van der Waals surface area (Å²) in [5.41, 5.74) is 6.65. The van der Waals surface area contributed by atoms with Crippen LogP contribution in [0.2, 0.25) is 0 Å². The van der Waals surface area contributed by atoms with Gasteiger partial charge < -0.3 is 14.5 Å². The predicted molar refractivity (Wildman–Crippen MR) is 223 cm³/mol. The molecule has 5 aromatic carbocycles. The summed E-state index contributed by atoms with van der Waals surface area (Å²) in [5, 5.41) is 11.0. The third-order valence-corrected chi connectivity index (χ3v) is 11.0. The SMILES string of the molecule is N#Cc1cc2c(Oc3ccc(-c4ccccc4)cc3)cncc2s1.c1ccc(-c2ccc(Oc3cncc4sc(-c5nc6ccccc6[nH]5)cc34)cc2)cc1. The molecule has 0 fully saturated rings. The smallest absolute Gasteiger partial charge is 0.154 e. The van der Waals surface area contributed by atoms with E-state index in [4.69, 9.17) is 19.7 Å². The van der Waals surface area contributed by atoms with Gasteiger partial charge in [-0.3, -0.25) is 9.97 Å². The highest BCUT2D eigenvalue weighted by atomic mass is 32.1. The molecule has 0 amide bonds. The van der Waals surface area contributed by atoms with Crippen LogP contribution in [0.3, 0.4) is 0 Å². The number of fused-ring (bicyclic) bond motifs is 3. The summed E-state index contributed by atoms with van der Waals surface area (Å²) in [6, 6.07) is 50.8. The van der Waals surface area contributed by atoms with Gasteiger partial charge in [-0.15, -0.1) is 22.7 Å². The molecule has 0 saturated carbocycles. The molecule has 0 bridgehead atoms. The second-order valence-corrected chi connectivity index (χ2v) is 14.7. The zero-order chi connectivity index (χ0) is 37.0. The van der Waals surface area contributed by atoms with Gasteiger partial charge in [0.15, 0.2) is 11.5 Å². The minimum atomic E-state index is 0.655. The topological polar surface area (TPSA) is 96.7 Å². The van der Waals surface area contributed by atoms with E-state index in [1.807, 2.05) is 109 Å². The van der Waals surface area contributed by atoms with Gasteiger partial charge in [0.05, 0.1) is 37.7 Å². The summed E-state index contributed by atoms with van der Waals surface area (Å²) in [6.45, 7) is 0. The lowest BCUT2D eigenvalue weighted by molar-refractivity contribution is 0.486. The molecule has 9 heteroatoms. The van der Waals surface area contributed by atoms with E-state index >= 15 is 0 Å². The zero-order valence-electron chi connectivity index (χ0n) is 29.1. The fourth-order valence-corrected chi connectivity index (χ4v) is 8.05. The number of aromatic amines is 1. The van der Waals surface area contributed by atoms with Gasteiger partial charge in [0, 0.05) is 23.2 Å². The van der Waals surface area contributed by atoms with Crippen LogP contribution in [0.25, 0.3) is 64.2 Å². The van der Waals surface area contributed by atoms with Crippen LogP contribution in [-0.2, 0) is 0 Å². The van der Waals surface area contributed by atoms with Crippen LogP contribution in [0.5, 0.6) is 23.0 Å². The Morgan fingerprint density at radius 3 is 1.60 bits per heavy atom. The van der Waals surface area contributed by atoms with E-state index in [-0.39, 0.29) is 0 Å². The summed E-state index contributed by atoms with van der Waals surface area (Å²) < 4.78 is 14.2. The van der Waals surface area contributed by atoms with Crippen LogP contribution in [0.15, 0.2) is 170 Å². The molecule has 5 aromatic heterocycles. The van der Waals surface area contributed by atoms with Gasteiger partial charge in [-0.2, -0.15) is 5.26 Å². The van der Waals surface area contributed by atoms with Crippen LogP contribution < -0.4 is 9.47 Å². The number of hydrogen-bond donors (Lipinski definition) is 1. The predicted octanol–water partition coefficient (Wildman–Crippen LogP) is 12.9. The van der Waals surface area contributed by atoms with E-state index in [9.17, 15) is 0 Å². The van der Waals surface area contributed by atoms with Crippen LogP contribution in [0.1, 0.15) is 4.88 Å². The van der Waals surface area contributed by atoms with Crippen molar-refractivity contribution >= 4 is 53.9 Å². The Hall–Kier alpha value is -7.12. The van der Waals surface area contributed by atoms with Crippen molar-refractivity contribution < 1.29 is 9.47 Å². The normalized spacial score (nSPS) is 10.9. The van der Waals surface area contributed by atoms with E-state index in [1.165, 1.54) is 22.5 Å². The molecule has 0 atom stereocenters. The first kappa shape index (κ1) is 33.7. The molecule has 0 aliphatic carbocycles. The summed E-state index contributed by atoms with van der Waals surface area (Å²) in [4.78, 5) is 18.4. The number of nitrogens with one attached hydrogen (secondary N) is 1. The Morgan fingerprint density at radius 1 is 0.527 bits per heavy atom. The molecule has 0 radical (unpaired) electrons. The number of para-hydroxylation sites is 2. The van der Waals surface area contributed by atoms with Crippen LogP contribution >= 0.6 is 22.7 Å². The minimum Gasteiger partial charge on any atom is -0.455 e. The maximum atomic E-state index is 9.06. The van der Waals surface area contributed by atoms with E-state index in [0.29, 0.717) is 10.6 Å². The quantitative estimate of drug-likeness (QED) is 0.174. The molecule has 1 N–H and O–H groups in total. The number of nitriles is 1. The van der Waals surface area contributed by atoms with Crippen molar-refractivity contribution in [2.75, 3.05) is 0 Å². The Kier molecular flexibility index (Phi) is 9.24. The van der Waals surface area contributed by atoms with Crippen molar-refractivity contribution in [1.29, 1.82) is 5.26 Å². The first-order chi connectivity index (χ1) is 27.2. The zero-order valence-corrected chi connectivity index (χ0v) is 30.7. The maximum absolute atomic E-state index is 9.06. The van der Waals surface area contributed by atoms with E-state index in [2.05, 4.69) is 63.5 Å². The minimum absolute atomic E-state index is 0.655. The van der Waals surface area contributed by atoms with E-state index in [0.717, 1.165) is 70.3 Å². The Balaban J connectivity index is 0.000000149. The molecule has 7 nitrogen and oxygen atoms in total. The van der Waals surface area contributed by atoms with Gasteiger partial charge in [-0.25, -0.2) is 4.98 Å². The lowest BCUT2D eigenvalue weighted by Crippen LogP contribution is -1.86. The van der Waals surface area contributed by atoms with Crippen molar-refractivity contribution in [3.63, 3.8) is 0 Å². The van der Waals surface area contributed by atoms with Gasteiger partial charge in [0.25, 0.3) is 0 Å². The van der Waals surface area contributed by atoms with Gasteiger partial charge in [-0.1, -0.05) is 97.1 Å². The molecular weight excluding hydrogens is 719 g/mol. The number of nitrogens with zero attached hydrogens (tertiary/aromatic N) is 4. The second-order valence-electron chi connectivity index (χ2n) is 12.5. The number of ether oxygens (including phenoxy) is 2. The second kappa shape index (κ2) is 15.1. The molecule has 0 aliphatic rings. The lowest BCUT2D eigenvalue weighted by atomic mass is 10.1.